The second-order valence-corrected chi connectivity index (χ2v) is 5.49. The Morgan fingerprint density at radius 2 is 2.33 bits per heavy atom. The number of nitrogens with zero attached hydrogens (tertiary/aromatic N) is 1. The van der Waals surface area contributed by atoms with Gasteiger partial charge in [-0.25, -0.2) is 0 Å². The van der Waals surface area contributed by atoms with E-state index in [2.05, 4.69) is 4.98 Å². The largest absolute Gasteiger partial charge is 0.397 e. The van der Waals surface area contributed by atoms with Gasteiger partial charge >= 0.3 is 0 Å². The van der Waals surface area contributed by atoms with Gasteiger partial charge in [-0.3, -0.25) is 4.79 Å². The molecule has 0 saturated carbocycles. The summed E-state index contributed by atoms with van der Waals surface area (Å²) in [6.45, 7) is 4.66. The van der Waals surface area contributed by atoms with Crippen molar-refractivity contribution in [2.24, 2.45) is 0 Å². The predicted molar refractivity (Wildman–Crippen MR) is 74.5 cm³/mol. The number of amides is 1. The van der Waals surface area contributed by atoms with Crippen LogP contribution in [0.25, 0.3) is 0 Å². The standard InChI is InChI=1S/C13H17N3OS/c1-9(2)16(8-11-4-3-5-18-11)13(17)12-6-10(14)7-15-12/h3-7,9,15H,8,14H2,1-2H3. The molecule has 2 rings (SSSR count). The molecule has 2 aromatic rings. The third-order valence-electron chi connectivity index (χ3n) is 2.73. The number of thiophene rings is 1. The van der Waals surface area contributed by atoms with Crippen LogP contribution in [-0.2, 0) is 6.54 Å². The molecule has 5 heteroatoms. The van der Waals surface area contributed by atoms with Crippen molar-refractivity contribution in [3.63, 3.8) is 0 Å². The van der Waals surface area contributed by atoms with Gasteiger partial charge < -0.3 is 15.6 Å². The molecule has 0 aliphatic rings. The van der Waals surface area contributed by atoms with E-state index in [0.717, 1.165) is 0 Å². The maximum atomic E-state index is 12.4. The van der Waals surface area contributed by atoms with E-state index in [9.17, 15) is 4.79 Å². The molecule has 2 heterocycles. The highest BCUT2D eigenvalue weighted by molar-refractivity contribution is 7.09. The number of hydrogen-bond donors (Lipinski definition) is 2. The summed E-state index contributed by atoms with van der Waals surface area (Å²) in [5.74, 6) is -0.0184. The summed E-state index contributed by atoms with van der Waals surface area (Å²) in [6.07, 6.45) is 1.64. The van der Waals surface area contributed by atoms with Crippen LogP contribution in [0.3, 0.4) is 0 Å². The van der Waals surface area contributed by atoms with Crippen LogP contribution in [0.1, 0.15) is 29.2 Å². The van der Waals surface area contributed by atoms with Gasteiger partial charge in [-0.05, 0) is 31.4 Å². The van der Waals surface area contributed by atoms with Crippen molar-refractivity contribution in [2.45, 2.75) is 26.4 Å². The molecule has 0 aliphatic carbocycles. The lowest BCUT2D eigenvalue weighted by Gasteiger charge is -2.25. The summed E-state index contributed by atoms with van der Waals surface area (Å²) in [4.78, 5) is 18.3. The molecule has 0 aromatic carbocycles. The minimum atomic E-state index is -0.0184. The van der Waals surface area contributed by atoms with E-state index in [-0.39, 0.29) is 11.9 Å². The minimum Gasteiger partial charge on any atom is -0.397 e. The first-order chi connectivity index (χ1) is 8.58. The normalized spacial score (nSPS) is 10.8. The maximum absolute atomic E-state index is 12.4. The quantitative estimate of drug-likeness (QED) is 0.891. The third-order valence-corrected chi connectivity index (χ3v) is 3.59. The van der Waals surface area contributed by atoms with Gasteiger partial charge in [0.25, 0.3) is 5.91 Å². The van der Waals surface area contributed by atoms with Gasteiger partial charge in [0.1, 0.15) is 5.69 Å². The van der Waals surface area contributed by atoms with Crippen LogP contribution in [0.2, 0.25) is 0 Å². The van der Waals surface area contributed by atoms with Gasteiger partial charge in [-0.2, -0.15) is 0 Å². The zero-order chi connectivity index (χ0) is 13.1. The van der Waals surface area contributed by atoms with E-state index in [1.165, 1.54) is 4.88 Å². The first kappa shape index (κ1) is 12.7. The molecule has 0 unspecified atom stereocenters. The Kier molecular flexibility index (Phi) is 3.72. The van der Waals surface area contributed by atoms with E-state index in [1.807, 2.05) is 36.3 Å². The topological polar surface area (TPSA) is 62.1 Å². The second-order valence-electron chi connectivity index (χ2n) is 4.45. The Balaban J connectivity index is 2.17. The Labute approximate surface area is 110 Å². The van der Waals surface area contributed by atoms with Crippen molar-refractivity contribution in [2.75, 3.05) is 5.73 Å². The number of anilines is 1. The van der Waals surface area contributed by atoms with E-state index in [1.54, 1.807) is 23.6 Å². The van der Waals surface area contributed by atoms with Crippen molar-refractivity contribution in [3.8, 4) is 0 Å². The average molecular weight is 263 g/mol. The zero-order valence-electron chi connectivity index (χ0n) is 10.5. The van der Waals surface area contributed by atoms with E-state index in [0.29, 0.717) is 17.9 Å². The molecule has 96 valence electrons. The molecule has 4 nitrogen and oxygen atoms in total. The third kappa shape index (κ3) is 2.73. The monoisotopic (exact) mass is 263 g/mol. The molecule has 3 N–H and O–H groups in total. The van der Waals surface area contributed by atoms with Crippen LogP contribution in [0.5, 0.6) is 0 Å². The number of rotatable bonds is 4. The average Bonchev–Trinajstić information content (AvgIpc) is 2.95. The van der Waals surface area contributed by atoms with Crippen LogP contribution < -0.4 is 5.73 Å². The predicted octanol–water partition coefficient (Wildman–Crippen LogP) is 2.71. The molecule has 0 saturated heterocycles. The van der Waals surface area contributed by atoms with Crippen molar-refractivity contribution in [1.29, 1.82) is 0 Å². The Hall–Kier alpha value is -1.75. The first-order valence-electron chi connectivity index (χ1n) is 5.85. The maximum Gasteiger partial charge on any atom is 0.270 e. The molecule has 0 spiro atoms. The van der Waals surface area contributed by atoms with Crippen LogP contribution in [0, 0.1) is 0 Å². The highest BCUT2D eigenvalue weighted by Gasteiger charge is 2.20. The highest BCUT2D eigenvalue weighted by atomic mass is 32.1. The molecule has 0 bridgehead atoms. The molecule has 0 fully saturated rings. The van der Waals surface area contributed by atoms with Gasteiger partial charge in [0.2, 0.25) is 0 Å². The van der Waals surface area contributed by atoms with Gasteiger partial charge in [0, 0.05) is 22.8 Å². The van der Waals surface area contributed by atoms with Gasteiger partial charge in [-0.1, -0.05) is 6.07 Å². The lowest BCUT2D eigenvalue weighted by atomic mass is 10.2. The fraction of sp³-hybridized carbons (Fsp3) is 0.308. The summed E-state index contributed by atoms with van der Waals surface area (Å²) in [7, 11) is 0. The van der Waals surface area contributed by atoms with E-state index in [4.69, 9.17) is 5.73 Å². The number of carbonyl (C=O) groups is 1. The molecule has 1 amide bonds. The second kappa shape index (κ2) is 5.27. The Morgan fingerprint density at radius 1 is 1.56 bits per heavy atom. The number of aromatic nitrogens is 1. The SMILES string of the molecule is CC(C)N(Cc1cccs1)C(=O)c1cc(N)c[nH]1. The number of carbonyl (C=O) groups excluding carboxylic acids is 1. The van der Waals surface area contributed by atoms with Crippen LogP contribution in [0.15, 0.2) is 29.8 Å². The van der Waals surface area contributed by atoms with Crippen LogP contribution in [0.4, 0.5) is 5.69 Å². The number of H-pyrrole nitrogens is 1. The Morgan fingerprint density at radius 3 is 2.83 bits per heavy atom. The van der Waals surface area contributed by atoms with Crippen molar-refractivity contribution >= 4 is 22.9 Å². The van der Waals surface area contributed by atoms with Crippen molar-refractivity contribution in [1.82, 2.24) is 9.88 Å². The van der Waals surface area contributed by atoms with Crippen molar-refractivity contribution < 1.29 is 4.79 Å². The fourth-order valence-electron chi connectivity index (χ4n) is 1.75. The number of nitrogens with one attached hydrogen (secondary N) is 1. The summed E-state index contributed by atoms with van der Waals surface area (Å²) >= 11 is 1.66. The minimum absolute atomic E-state index is 0.0184. The summed E-state index contributed by atoms with van der Waals surface area (Å²) in [6, 6.07) is 5.85. The molecule has 0 radical (unpaired) electrons. The first-order valence-corrected chi connectivity index (χ1v) is 6.73. The number of nitrogen functional groups attached to an aromatic ring is 1. The molecule has 0 aliphatic heterocycles. The number of aromatic amines is 1. The molecule has 0 atom stereocenters. The van der Waals surface area contributed by atoms with Gasteiger partial charge in [0.15, 0.2) is 0 Å². The van der Waals surface area contributed by atoms with Gasteiger partial charge in [-0.15, -0.1) is 11.3 Å². The van der Waals surface area contributed by atoms with Crippen LogP contribution >= 0.6 is 11.3 Å². The van der Waals surface area contributed by atoms with Gasteiger partial charge in [0.05, 0.1) is 6.54 Å². The molecular weight excluding hydrogens is 246 g/mol. The van der Waals surface area contributed by atoms with E-state index >= 15 is 0 Å². The lowest BCUT2D eigenvalue weighted by molar-refractivity contribution is 0.0687. The van der Waals surface area contributed by atoms with Crippen molar-refractivity contribution in [3.05, 3.63) is 40.3 Å². The number of hydrogen-bond acceptors (Lipinski definition) is 3. The lowest BCUT2D eigenvalue weighted by Crippen LogP contribution is -2.36. The van der Waals surface area contributed by atoms with E-state index < -0.39 is 0 Å². The zero-order valence-corrected chi connectivity index (χ0v) is 11.3. The molecule has 18 heavy (non-hydrogen) atoms. The smallest absolute Gasteiger partial charge is 0.270 e. The summed E-state index contributed by atoms with van der Waals surface area (Å²) < 4.78 is 0. The molecule has 2 aromatic heterocycles. The fourth-order valence-corrected chi connectivity index (χ4v) is 2.45. The summed E-state index contributed by atoms with van der Waals surface area (Å²) in [5, 5.41) is 2.02. The summed E-state index contributed by atoms with van der Waals surface area (Å²) in [5.41, 5.74) is 6.75. The highest BCUT2D eigenvalue weighted by Crippen LogP contribution is 2.17. The Bertz CT molecular complexity index is 516. The molecular formula is C13H17N3OS. The number of nitrogens with two attached hydrogens (primary N) is 1. The van der Waals surface area contributed by atoms with Crippen LogP contribution in [-0.4, -0.2) is 21.8 Å².